The first-order valence-corrected chi connectivity index (χ1v) is 3.69. The summed E-state index contributed by atoms with van der Waals surface area (Å²) in [5, 5.41) is 18.8. The lowest BCUT2D eigenvalue weighted by molar-refractivity contribution is 0.458. The third-order valence-electron chi connectivity index (χ3n) is 1.86. The molecule has 2 aliphatic carbocycles. The zero-order valence-corrected chi connectivity index (χ0v) is 6.36. The van der Waals surface area contributed by atoms with Crippen LogP contribution in [0.3, 0.4) is 0 Å². The Kier molecular flexibility index (Phi) is 1.40. The first kappa shape index (κ1) is 6.98. The van der Waals surface area contributed by atoms with E-state index in [1.807, 2.05) is 12.1 Å². The van der Waals surface area contributed by atoms with Crippen molar-refractivity contribution in [3.05, 3.63) is 36.4 Å². The number of rotatable bonds is 0. The summed E-state index contributed by atoms with van der Waals surface area (Å²) in [5.41, 5.74) is 1.36. The SMILES string of the molecule is Oc1ccccc2ccc(O)c1-2. The first-order valence-electron chi connectivity index (χ1n) is 3.69. The Bertz CT molecular complexity index is 382. The summed E-state index contributed by atoms with van der Waals surface area (Å²) in [6.07, 6.45) is 0. The van der Waals surface area contributed by atoms with Gasteiger partial charge in [0.15, 0.2) is 0 Å². The molecule has 0 radical (unpaired) electrons. The number of aromatic hydroxyl groups is 2. The summed E-state index contributed by atoms with van der Waals surface area (Å²) in [4.78, 5) is 0. The zero-order chi connectivity index (χ0) is 8.55. The van der Waals surface area contributed by atoms with Gasteiger partial charge in [-0.1, -0.05) is 24.3 Å². The molecule has 2 N–H and O–H groups in total. The minimum atomic E-state index is 0.109. The van der Waals surface area contributed by atoms with Crippen LogP contribution in [0.5, 0.6) is 11.5 Å². The Hall–Kier alpha value is -1.70. The molecule has 0 amide bonds. The van der Waals surface area contributed by atoms with Crippen molar-refractivity contribution in [3.63, 3.8) is 0 Å². The van der Waals surface area contributed by atoms with Crippen LogP contribution in [0, 0.1) is 0 Å². The molecule has 12 heavy (non-hydrogen) atoms. The monoisotopic (exact) mass is 160 g/mol. The van der Waals surface area contributed by atoms with Gasteiger partial charge in [-0.25, -0.2) is 0 Å². The highest BCUT2D eigenvalue weighted by Crippen LogP contribution is 2.38. The average Bonchev–Trinajstić information content (AvgIpc) is 2.29. The number of hydrogen-bond acceptors (Lipinski definition) is 2. The van der Waals surface area contributed by atoms with E-state index >= 15 is 0 Å². The summed E-state index contributed by atoms with van der Waals surface area (Å²) in [5.74, 6) is 0.233. The van der Waals surface area contributed by atoms with Crippen molar-refractivity contribution in [3.8, 4) is 22.6 Å². The second kappa shape index (κ2) is 2.41. The quantitative estimate of drug-likeness (QED) is 0.620. The topological polar surface area (TPSA) is 40.5 Å². The van der Waals surface area contributed by atoms with E-state index in [9.17, 15) is 10.2 Å². The number of hydrogen-bond donors (Lipinski definition) is 2. The Morgan fingerprint density at radius 1 is 0.750 bits per heavy atom. The Labute approximate surface area is 70.1 Å². The number of fused-ring (bicyclic) bond motifs is 1. The van der Waals surface area contributed by atoms with E-state index in [0.717, 1.165) is 5.56 Å². The maximum absolute atomic E-state index is 9.44. The van der Waals surface area contributed by atoms with Gasteiger partial charge in [0, 0.05) is 0 Å². The van der Waals surface area contributed by atoms with Gasteiger partial charge in [0.05, 0.1) is 5.56 Å². The highest BCUT2D eigenvalue weighted by molar-refractivity contribution is 5.78. The molecule has 0 aromatic heterocycles. The molecule has 0 saturated heterocycles. The van der Waals surface area contributed by atoms with Crippen LogP contribution in [0.25, 0.3) is 11.1 Å². The predicted molar refractivity (Wildman–Crippen MR) is 46.4 cm³/mol. The fraction of sp³-hybridized carbons (Fsp3) is 0. The molecule has 0 unspecified atom stereocenters. The van der Waals surface area contributed by atoms with Crippen LogP contribution in [-0.4, -0.2) is 10.2 Å². The predicted octanol–water partition coefficient (Wildman–Crippen LogP) is 2.20. The van der Waals surface area contributed by atoms with Gasteiger partial charge in [-0.2, -0.15) is 0 Å². The van der Waals surface area contributed by atoms with Crippen molar-refractivity contribution in [2.24, 2.45) is 0 Å². The molecule has 0 saturated carbocycles. The molecule has 0 bridgehead atoms. The van der Waals surface area contributed by atoms with Crippen LogP contribution in [0.1, 0.15) is 0 Å². The smallest absolute Gasteiger partial charge is 0.127 e. The normalized spacial score (nSPS) is 10.3. The lowest BCUT2D eigenvalue weighted by Crippen LogP contribution is -1.67. The minimum absolute atomic E-state index is 0.109. The maximum Gasteiger partial charge on any atom is 0.127 e. The average molecular weight is 160 g/mol. The molecule has 2 heteroatoms. The van der Waals surface area contributed by atoms with E-state index in [2.05, 4.69) is 0 Å². The van der Waals surface area contributed by atoms with Gasteiger partial charge < -0.3 is 10.2 Å². The Morgan fingerprint density at radius 2 is 1.42 bits per heavy atom. The molecular formula is C10H8O2. The molecule has 0 fully saturated rings. The summed E-state index contributed by atoms with van der Waals surface area (Å²) < 4.78 is 0. The molecule has 0 aromatic rings. The van der Waals surface area contributed by atoms with E-state index in [1.165, 1.54) is 0 Å². The second-order valence-electron chi connectivity index (χ2n) is 2.65. The minimum Gasteiger partial charge on any atom is -0.507 e. The van der Waals surface area contributed by atoms with E-state index in [1.54, 1.807) is 24.3 Å². The fourth-order valence-electron chi connectivity index (χ4n) is 1.29. The fourth-order valence-corrected chi connectivity index (χ4v) is 1.29. The molecule has 2 aliphatic rings. The standard InChI is InChI=1S/C10H8O2/c11-8-4-2-1-3-7-5-6-9(12)10(7)8/h1-6,11-12H. The molecule has 0 aliphatic heterocycles. The van der Waals surface area contributed by atoms with Crippen molar-refractivity contribution in [1.82, 2.24) is 0 Å². The maximum atomic E-state index is 9.44. The van der Waals surface area contributed by atoms with Gasteiger partial charge in [0.25, 0.3) is 0 Å². The highest BCUT2D eigenvalue weighted by atomic mass is 16.3. The van der Waals surface area contributed by atoms with Gasteiger partial charge in [0.1, 0.15) is 11.5 Å². The van der Waals surface area contributed by atoms with Crippen LogP contribution in [0.4, 0.5) is 0 Å². The van der Waals surface area contributed by atoms with Gasteiger partial charge in [-0.15, -0.1) is 0 Å². The second-order valence-corrected chi connectivity index (χ2v) is 2.65. The molecule has 0 heterocycles. The third-order valence-corrected chi connectivity index (χ3v) is 1.86. The summed E-state index contributed by atoms with van der Waals surface area (Å²) in [6, 6.07) is 10.3. The van der Waals surface area contributed by atoms with E-state index < -0.39 is 0 Å². The van der Waals surface area contributed by atoms with Gasteiger partial charge in [-0.05, 0) is 17.7 Å². The van der Waals surface area contributed by atoms with Gasteiger partial charge >= 0.3 is 0 Å². The van der Waals surface area contributed by atoms with E-state index in [-0.39, 0.29) is 11.5 Å². The summed E-state index contributed by atoms with van der Waals surface area (Å²) >= 11 is 0. The third kappa shape index (κ3) is 0.889. The van der Waals surface area contributed by atoms with Crippen molar-refractivity contribution in [1.29, 1.82) is 0 Å². The van der Waals surface area contributed by atoms with Crippen molar-refractivity contribution < 1.29 is 10.2 Å². The Morgan fingerprint density at radius 3 is 2.25 bits per heavy atom. The van der Waals surface area contributed by atoms with E-state index in [4.69, 9.17) is 0 Å². The molecule has 0 atom stereocenters. The zero-order valence-electron chi connectivity index (χ0n) is 6.36. The van der Waals surface area contributed by atoms with E-state index in [0.29, 0.717) is 5.56 Å². The Balaban J connectivity index is 2.82. The van der Waals surface area contributed by atoms with Crippen molar-refractivity contribution in [2.75, 3.05) is 0 Å². The van der Waals surface area contributed by atoms with Crippen LogP contribution in [0.2, 0.25) is 0 Å². The molecule has 60 valence electrons. The summed E-state index contributed by atoms with van der Waals surface area (Å²) in [7, 11) is 0. The van der Waals surface area contributed by atoms with Crippen molar-refractivity contribution >= 4 is 0 Å². The van der Waals surface area contributed by atoms with Crippen LogP contribution >= 0.6 is 0 Å². The largest absolute Gasteiger partial charge is 0.507 e. The molecule has 0 spiro atoms. The van der Waals surface area contributed by atoms with Crippen LogP contribution < -0.4 is 0 Å². The van der Waals surface area contributed by atoms with Gasteiger partial charge in [0.2, 0.25) is 0 Å². The highest BCUT2D eigenvalue weighted by Gasteiger charge is 2.10. The van der Waals surface area contributed by atoms with Crippen LogP contribution in [0.15, 0.2) is 36.4 Å². The molecular weight excluding hydrogens is 152 g/mol. The lowest BCUT2D eigenvalue weighted by atomic mass is 10.2. The molecule has 0 aromatic carbocycles. The lowest BCUT2D eigenvalue weighted by Gasteiger charge is -1.95. The molecule has 2 rings (SSSR count). The van der Waals surface area contributed by atoms with Crippen molar-refractivity contribution in [2.45, 2.75) is 0 Å². The van der Waals surface area contributed by atoms with Crippen LogP contribution in [-0.2, 0) is 0 Å². The summed E-state index contributed by atoms with van der Waals surface area (Å²) in [6.45, 7) is 0. The molecule has 2 nitrogen and oxygen atoms in total. The first-order chi connectivity index (χ1) is 5.79. The van der Waals surface area contributed by atoms with Gasteiger partial charge in [-0.3, -0.25) is 0 Å².